The van der Waals surface area contributed by atoms with E-state index in [0.29, 0.717) is 5.56 Å². The van der Waals surface area contributed by atoms with Crippen LogP contribution in [-0.2, 0) is 0 Å². The number of aliphatic imine (C=N–C) groups is 1. The molecule has 0 fully saturated rings. The molecule has 15 heavy (non-hydrogen) atoms. The predicted molar refractivity (Wildman–Crippen MR) is 54.0 cm³/mol. The third-order valence-corrected chi connectivity index (χ3v) is 2.31. The van der Waals surface area contributed by atoms with E-state index >= 15 is 0 Å². The van der Waals surface area contributed by atoms with Crippen molar-refractivity contribution in [1.82, 2.24) is 5.32 Å². The first-order chi connectivity index (χ1) is 7.08. The lowest BCUT2D eigenvalue weighted by Crippen LogP contribution is -2.27. The largest absolute Gasteiger partial charge is 0.385 e. The minimum atomic E-state index is -0.459. The minimum absolute atomic E-state index is 0.214. The lowest BCUT2D eigenvalue weighted by molar-refractivity contribution is 0.250. The van der Waals surface area contributed by atoms with E-state index in [1.165, 1.54) is 6.07 Å². The number of aryl methyl sites for hydroxylation is 1. The van der Waals surface area contributed by atoms with Gasteiger partial charge < -0.3 is 11.1 Å². The number of carbonyl (C=O) groups is 1. The Morgan fingerprint density at radius 3 is 2.80 bits per heavy atom. The number of rotatable bonds is 1. The Kier molecular flexibility index (Phi) is 2.15. The van der Waals surface area contributed by atoms with E-state index in [-0.39, 0.29) is 11.7 Å². The predicted octanol–water partition coefficient (Wildman–Crippen LogP) is 1.26. The Morgan fingerprint density at radius 1 is 1.53 bits per heavy atom. The molecule has 78 valence electrons. The molecule has 1 aromatic carbocycles. The van der Waals surface area contributed by atoms with Crippen molar-refractivity contribution in [3.8, 4) is 0 Å². The fourth-order valence-corrected chi connectivity index (χ4v) is 1.51. The number of hydrogen-bond donors (Lipinski definition) is 2. The zero-order valence-corrected chi connectivity index (χ0v) is 8.12. The van der Waals surface area contributed by atoms with Crippen molar-refractivity contribution < 1.29 is 9.18 Å². The number of carbonyl (C=O) groups excluding carboxylic acids is 1. The van der Waals surface area contributed by atoms with Gasteiger partial charge in [0.25, 0.3) is 0 Å². The number of hydrogen-bond acceptors (Lipinski definition) is 2. The second kappa shape index (κ2) is 3.34. The molecule has 1 atom stereocenters. The van der Waals surface area contributed by atoms with E-state index in [1.54, 1.807) is 19.1 Å². The van der Waals surface area contributed by atoms with Gasteiger partial charge in [0.1, 0.15) is 17.7 Å². The lowest BCUT2D eigenvalue weighted by atomic mass is 10.0. The number of benzene rings is 1. The normalized spacial score (nSPS) is 20.0. The van der Waals surface area contributed by atoms with Gasteiger partial charge in [0.2, 0.25) is 0 Å². The molecule has 2 rings (SSSR count). The van der Waals surface area contributed by atoms with Crippen molar-refractivity contribution in [2.75, 3.05) is 0 Å². The highest BCUT2D eigenvalue weighted by Gasteiger charge is 2.25. The van der Waals surface area contributed by atoms with Gasteiger partial charge in [-0.2, -0.15) is 4.99 Å². The van der Waals surface area contributed by atoms with Gasteiger partial charge in [0.15, 0.2) is 0 Å². The number of nitrogens with zero attached hydrogens (tertiary/aromatic N) is 1. The Labute approximate surface area is 86.0 Å². The van der Waals surface area contributed by atoms with E-state index in [1.807, 2.05) is 0 Å². The quantitative estimate of drug-likeness (QED) is 0.727. The molecule has 0 spiro atoms. The molecule has 4 nitrogen and oxygen atoms in total. The molecule has 0 aliphatic carbocycles. The van der Waals surface area contributed by atoms with Crippen LogP contribution in [0.15, 0.2) is 23.2 Å². The molecular weight excluding hydrogens is 197 g/mol. The van der Waals surface area contributed by atoms with Gasteiger partial charge in [-0.05, 0) is 24.1 Å². The fraction of sp³-hybridized carbons (Fsp3) is 0.200. The third-order valence-electron chi connectivity index (χ3n) is 2.31. The number of amides is 2. The smallest absolute Gasteiger partial charge is 0.343 e. The van der Waals surface area contributed by atoms with Crippen LogP contribution in [0.4, 0.5) is 9.18 Å². The minimum Gasteiger partial charge on any atom is -0.385 e. The van der Waals surface area contributed by atoms with Gasteiger partial charge in [-0.15, -0.1) is 0 Å². The van der Waals surface area contributed by atoms with Crippen LogP contribution in [0, 0.1) is 12.7 Å². The molecule has 5 heteroatoms. The molecule has 1 unspecified atom stereocenters. The maximum atomic E-state index is 13.0. The first kappa shape index (κ1) is 9.64. The van der Waals surface area contributed by atoms with Crippen molar-refractivity contribution in [2.45, 2.75) is 13.0 Å². The maximum absolute atomic E-state index is 13.0. The van der Waals surface area contributed by atoms with E-state index in [0.717, 1.165) is 5.56 Å². The van der Waals surface area contributed by atoms with Crippen LogP contribution in [0.5, 0.6) is 0 Å². The molecule has 0 saturated carbocycles. The van der Waals surface area contributed by atoms with Crippen LogP contribution in [0.1, 0.15) is 17.2 Å². The monoisotopic (exact) mass is 207 g/mol. The first-order valence-electron chi connectivity index (χ1n) is 4.48. The van der Waals surface area contributed by atoms with Gasteiger partial charge in [-0.25, -0.2) is 9.18 Å². The molecule has 0 saturated heterocycles. The molecule has 0 radical (unpaired) electrons. The average Bonchev–Trinajstić information content (AvgIpc) is 2.50. The number of nitrogens with one attached hydrogen (secondary N) is 1. The Balaban J connectivity index is 2.35. The van der Waals surface area contributed by atoms with Crippen LogP contribution in [-0.4, -0.2) is 11.9 Å². The number of urea groups is 1. The highest BCUT2D eigenvalue weighted by atomic mass is 19.1. The van der Waals surface area contributed by atoms with E-state index in [9.17, 15) is 9.18 Å². The summed E-state index contributed by atoms with van der Waals surface area (Å²) in [5, 5.41) is 2.58. The van der Waals surface area contributed by atoms with E-state index < -0.39 is 12.1 Å². The summed E-state index contributed by atoms with van der Waals surface area (Å²) >= 11 is 0. The summed E-state index contributed by atoms with van der Waals surface area (Å²) in [5.74, 6) is -0.0652. The number of nitrogens with two attached hydrogens (primary N) is 1. The van der Waals surface area contributed by atoms with Gasteiger partial charge >= 0.3 is 6.03 Å². The standard InChI is InChI=1S/C10H10FN3O/c1-5-4-6(2-3-7(5)11)8-9(12)14-10(15)13-8/h2-4,8H,1H3,(H3,12,13,14,15). The van der Waals surface area contributed by atoms with Crippen LogP contribution >= 0.6 is 0 Å². The summed E-state index contributed by atoms with van der Waals surface area (Å²) < 4.78 is 13.0. The zero-order valence-electron chi connectivity index (χ0n) is 8.12. The number of halogens is 1. The molecule has 0 aromatic heterocycles. The van der Waals surface area contributed by atoms with Crippen molar-refractivity contribution in [3.63, 3.8) is 0 Å². The average molecular weight is 207 g/mol. The SMILES string of the molecule is Cc1cc(C2NC(=O)N=C2N)ccc1F. The molecule has 3 N–H and O–H groups in total. The summed E-state index contributed by atoms with van der Waals surface area (Å²) in [6.45, 7) is 1.66. The van der Waals surface area contributed by atoms with Gasteiger partial charge in [0.05, 0.1) is 0 Å². The summed E-state index contributed by atoms with van der Waals surface area (Å²) in [6, 6.07) is 3.69. The Morgan fingerprint density at radius 2 is 2.27 bits per heavy atom. The van der Waals surface area contributed by atoms with Crippen LogP contribution < -0.4 is 11.1 Å². The first-order valence-corrected chi connectivity index (χ1v) is 4.48. The Bertz CT molecular complexity index is 456. The van der Waals surface area contributed by atoms with Gasteiger partial charge in [-0.1, -0.05) is 12.1 Å². The second-order valence-electron chi connectivity index (χ2n) is 3.43. The summed E-state index contributed by atoms with van der Waals surface area (Å²) in [7, 11) is 0. The molecule has 2 amide bonds. The van der Waals surface area contributed by atoms with Crippen LogP contribution in [0.25, 0.3) is 0 Å². The van der Waals surface area contributed by atoms with E-state index in [2.05, 4.69) is 10.3 Å². The summed E-state index contributed by atoms with van der Waals surface area (Å²) in [6.07, 6.45) is 0. The highest BCUT2D eigenvalue weighted by molar-refractivity contribution is 6.03. The highest BCUT2D eigenvalue weighted by Crippen LogP contribution is 2.19. The number of amidine groups is 1. The molecule has 1 aliphatic heterocycles. The second-order valence-corrected chi connectivity index (χ2v) is 3.43. The maximum Gasteiger partial charge on any atom is 0.343 e. The van der Waals surface area contributed by atoms with Crippen LogP contribution in [0.3, 0.4) is 0 Å². The van der Waals surface area contributed by atoms with Gasteiger partial charge in [0, 0.05) is 0 Å². The molecule has 1 aliphatic rings. The third kappa shape index (κ3) is 1.68. The molecule has 0 bridgehead atoms. The summed E-state index contributed by atoms with van der Waals surface area (Å²) in [5.41, 5.74) is 6.81. The van der Waals surface area contributed by atoms with Crippen molar-refractivity contribution in [2.24, 2.45) is 10.7 Å². The lowest BCUT2D eigenvalue weighted by Gasteiger charge is -2.11. The van der Waals surface area contributed by atoms with Crippen LogP contribution in [0.2, 0.25) is 0 Å². The fourth-order valence-electron chi connectivity index (χ4n) is 1.51. The molecule has 1 aromatic rings. The zero-order chi connectivity index (χ0) is 11.0. The molecule has 1 heterocycles. The van der Waals surface area contributed by atoms with Crippen molar-refractivity contribution >= 4 is 11.9 Å². The van der Waals surface area contributed by atoms with Gasteiger partial charge in [-0.3, -0.25) is 0 Å². The Hall–Kier alpha value is -1.91. The van der Waals surface area contributed by atoms with Crippen molar-refractivity contribution in [1.29, 1.82) is 0 Å². The van der Waals surface area contributed by atoms with Crippen molar-refractivity contribution in [3.05, 3.63) is 35.1 Å². The molecular formula is C10H10FN3O. The van der Waals surface area contributed by atoms with E-state index in [4.69, 9.17) is 5.73 Å². The summed E-state index contributed by atoms with van der Waals surface area (Å²) in [4.78, 5) is 14.5. The topological polar surface area (TPSA) is 67.5 Å².